The van der Waals surface area contributed by atoms with Crippen molar-refractivity contribution < 1.29 is 0 Å². The largest absolute Gasteiger partial charge is 0.397 e. The number of halogens is 2. The molecule has 12 heavy (non-hydrogen) atoms. The summed E-state index contributed by atoms with van der Waals surface area (Å²) in [6, 6.07) is 4.31. The minimum absolute atomic E-state index is 0.577. The molecule has 1 rings (SSSR count). The van der Waals surface area contributed by atoms with E-state index in [-0.39, 0.29) is 0 Å². The van der Waals surface area contributed by atoms with Gasteiger partial charge in [0.2, 0.25) is 0 Å². The van der Waals surface area contributed by atoms with Gasteiger partial charge in [-0.1, -0.05) is 13.8 Å². The first-order valence-corrected chi connectivity index (χ1v) is 5.92. The fourth-order valence-corrected chi connectivity index (χ4v) is 2.75. The van der Waals surface area contributed by atoms with Crippen molar-refractivity contribution in [2.75, 3.05) is 5.73 Å². The summed E-state index contributed by atoms with van der Waals surface area (Å²) in [4.78, 5) is 0. The summed E-state index contributed by atoms with van der Waals surface area (Å²) >= 11 is 4.56. The molecule has 0 atom stereocenters. The topological polar surface area (TPSA) is 26.0 Å². The summed E-state index contributed by atoms with van der Waals surface area (Å²) in [5.41, 5.74) is 8.10. The molecule has 0 aliphatic carbocycles. The van der Waals surface area contributed by atoms with Crippen LogP contribution < -0.4 is 5.73 Å². The molecular formula is C9H11I2N. The number of rotatable bonds is 1. The lowest BCUT2D eigenvalue weighted by Gasteiger charge is -2.09. The molecule has 0 aliphatic heterocycles. The number of anilines is 1. The molecule has 0 saturated carbocycles. The van der Waals surface area contributed by atoms with Gasteiger partial charge in [-0.15, -0.1) is 0 Å². The molecule has 0 aliphatic rings. The molecule has 2 N–H and O–H groups in total. The molecular weight excluding hydrogens is 376 g/mol. The van der Waals surface area contributed by atoms with Crippen LogP contribution in [0.2, 0.25) is 0 Å². The Labute approximate surface area is 100 Å². The molecule has 0 radical (unpaired) electrons. The third kappa shape index (κ3) is 2.25. The Balaban J connectivity index is 3.21. The molecule has 0 bridgehead atoms. The van der Waals surface area contributed by atoms with Gasteiger partial charge >= 0.3 is 0 Å². The van der Waals surface area contributed by atoms with E-state index in [9.17, 15) is 0 Å². The van der Waals surface area contributed by atoms with Gasteiger partial charge in [-0.2, -0.15) is 0 Å². The number of hydrogen-bond acceptors (Lipinski definition) is 1. The van der Waals surface area contributed by atoms with Crippen LogP contribution in [-0.4, -0.2) is 0 Å². The van der Waals surface area contributed by atoms with Crippen molar-refractivity contribution >= 4 is 50.9 Å². The lowest BCUT2D eigenvalue weighted by molar-refractivity contribution is 0.865. The van der Waals surface area contributed by atoms with Crippen molar-refractivity contribution in [1.82, 2.24) is 0 Å². The summed E-state index contributed by atoms with van der Waals surface area (Å²) in [7, 11) is 0. The van der Waals surface area contributed by atoms with E-state index in [4.69, 9.17) is 5.73 Å². The maximum atomic E-state index is 5.84. The van der Waals surface area contributed by atoms with Gasteiger partial charge in [0.05, 0.1) is 5.69 Å². The van der Waals surface area contributed by atoms with Gasteiger partial charge in [-0.05, 0) is 68.8 Å². The van der Waals surface area contributed by atoms with E-state index in [0.29, 0.717) is 5.92 Å². The highest BCUT2D eigenvalue weighted by atomic mass is 127. The first-order chi connectivity index (χ1) is 5.52. The first-order valence-electron chi connectivity index (χ1n) is 3.76. The number of hydrogen-bond donors (Lipinski definition) is 1. The zero-order chi connectivity index (χ0) is 9.30. The van der Waals surface area contributed by atoms with Crippen LogP contribution in [0.3, 0.4) is 0 Å². The van der Waals surface area contributed by atoms with Gasteiger partial charge in [0, 0.05) is 7.14 Å². The number of nitrogens with two attached hydrogens (primary N) is 1. The monoisotopic (exact) mass is 387 g/mol. The van der Waals surface area contributed by atoms with Crippen molar-refractivity contribution in [2.45, 2.75) is 19.8 Å². The van der Waals surface area contributed by atoms with Crippen LogP contribution in [0.25, 0.3) is 0 Å². The Morgan fingerprint density at radius 2 is 1.58 bits per heavy atom. The molecule has 66 valence electrons. The number of nitrogen functional groups attached to an aromatic ring is 1. The molecule has 0 heterocycles. The molecule has 1 aromatic rings. The molecule has 0 fully saturated rings. The average molecular weight is 387 g/mol. The summed E-state index contributed by atoms with van der Waals surface area (Å²) in [6.07, 6.45) is 0. The van der Waals surface area contributed by atoms with Gasteiger partial charge in [0.25, 0.3) is 0 Å². The molecule has 3 heteroatoms. The van der Waals surface area contributed by atoms with Crippen molar-refractivity contribution in [3.05, 3.63) is 24.8 Å². The lowest BCUT2D eigenvalue weighted by atomic mass is 10.0. The van der Waals surface area contributed by atoms with Gasteiger partial charge in [0.15, 0.2) is 0 Å². The third-order valence-electron chi connectivity index (χ3n) is 1.77. The smallest absolute Gasteiger partial charge is 0.0585 e. The Morgan fingerprint density at radius 3 is 1.92 bits per heavy atom. The van der Waals surface area contributed by atoms with E-state index < -0.39 is 0 Å². The Kier molecular flexibility index (Phi) is 3.63. The standard InChI is InChI=1S/C9H11I2N/c1-5(2)6-3-7(10)9(12)8(11)4-6/h3-5H,12H2,1-2H3. The predicted molar refractivity (Wildman–Crippen MR) is 70.4 cm³/mol. The van der Waals surface area contributed by atoms with E-state index in [1.165, 1.54) is 5.56 Å². The van der Waals surface area contributed by atoms with Gasteiger partial charge in [-0.3, -0.25) is 0 Å². The summed E-state index contributed by atoms with van der Waals surface area (Å²) in [5.74, 6) is 0.577. The van der Waals surface area contributed by atoms with Crippen molar-refractivity contribution in [1.29, 1.82) is 0 Å². The zero-order valence-electron chi connectivity index (χ0n) is 7.07. The van der Waals surface area contributed by atoms with Crippen LogP contribution in [0.15, 0.2) is 12.1 Å². The third-order valence-corrected chi connectivity index (χ3v) is 3.55. The maximum Gasteiger partial charge on any atom is 0.0585 e. The average Bonchev–Trinajstić information content (AvgIpc) is 1.99. The minimum atomic E-state index is 0.577. The zero-order valence-corrected chi connectivity index (χ0v) is 11.4. The molecule has 0 amide bonds. The van der Waals surface area contributed by atoms with Crippen molar-refractivity contribution in [3.63, 3.8) is 0 Å². The lowest BCUT2D eigenvalue weighted by Crippen LogP contribution is -1.97. The van der Waals surface area contributed by atoms with Crippen LogP contribution in [-0.2, 0) is 0 Å². The summed E-state index contributed by atoms with van der Waals surface area (Å²) in [6.45, 7) is 4.38. The highest BCUT2D eigenvalue weighted by molar-refractivity contribution is 14.1. The fraction of sp³-hybridized carbons (Fsp3) is 0.333. The first kappa shape index (κ1) is 10.6. The predicted octanol–water partition coefficient (Wildman–Crippen LogP) is 3.60. The molecule has 1 nitrogen and oxygen atoms in total. The molecule has 0 aromatic heterocycles. The van der Waals surface area contributed by atoms with E-state index in [2.05, 4.69) is 71.2 Å². The van der Waals surface area contributed by atoms with E-state index in [0.717, 1.165) is 12.8 Å². The van der Waals surface area contributed by atoms with Crippen LogP contribution in [0.1, 0.15) is 25.3 Å². The second kappa shape index (κ2) is 4.13. The van der Waals surface area contributed by atoms with E-state index in [1.807, 2.05) is 0 Å². The minimum Gasteiger partial charge on any atom is -0.397 e. The Bertz CT molecular complexity index is 272. The summed E-state index contributed by atoms with van der Waals surface area (Å²) < 4.78 is 2.31. The highest BCUT2D eigenvalue weighted by Gasteiger charge is 2.05. The van der Waals surface area contributed by atoms with Crippen LogP contribution >= 0.6 is 45.2 Å². The maximum absolute atomic E-state index is 5.84. The van der Waals surface area contributed by atoms with Crippen LogP contribution in [0.4, 0.5) is 5.69 Å². The van der Waals surface area contributed by atoms with E-state index in [1.54, 1.807) is 0 Å². The van der Waals surface area contributed by atoms with E-state index >= 15 is 0 Å². The second-order valence-corrected chi connectivity index (χ2v) is 5.38. The van der Waals surface area contributed by atoms with Gasteiger partial charge in [0.1, 0.15) is 0 Å². The SMILES string of the molecule is CC(C)c1cc(I)c(N)c(I)c1. The number of benzene rings is 1. The quantitative estimate of drug-likeness (QED) is 0.579. The van der Waals surface area contributed by atoms with Crippen LogP contribution in [0, 0.1) is 7.14 Å². The second-order valence-electron chi connectivity index (χ2n) is 3.05. The fourth-order valence-electron chi connectivity index (χ4n) is 0.937. The molecule has 0 saturated heterocycles. The summed E-state index contributed by atoms with van der Waals surface area (Å²) in [5, 5.41) is 0. The van der Waals surface area contributed by atoms with Crippen molar-refractivity contribution in [3.8, 4) is 0 Å². The molecule has 1 aromatic carbocycles. The highest BCUT2D eigenvalue weighted by Crippen LogP contribution is 2.26. The Hall–Kier alpha value is 0.480. The Morgan fingerprint density at radius 1 is 1.17 bits per heavy atom. The van der Waals surface area contributed by atoms with Gasteiger partial charge < -0.3 is 5.73 Å². The van der Waals surface area contributed by atoms with Crippen LogP contribution in [0.5, 0.6) is 0 Å². The normalized spacial score (nSPS) is 10.8. The molecule has 0 spiro atoms. The van der Waals surface area contributed by atoms with Crippen molar-refractivity contribution in [2.24, 2.45) is 0 Å². The van der Waals surface area contributed by atoms with Gasteiger partial charge in [-0.25, -0.2) is 0 Å². The molecule has 0 unspecified atom stereocenters.